The molecule has 9 nitrogen and oxygen atoms in total. The molecular weight excluding hydrogens is 464 g/mol. The van der Waals surface area contributed by atoms with Gasteiger partial charge in [0, 0.05) is 32.4 Å². The number of hydrogen-bond donors (Lipinski definition) is 3. The first-order chi connectivity index (χ1) is 17.5. The second-order valence-electron chi connectivity index (χ2n) is 9.42. The smallest absolute Gasteiger partial charge is 0.303 e. The van der Waals surface area contributed by atoms with Crippen LogP contribution in [0.2, 0.25) is 0 Å². The van der Waals surface area contributed by atoms with Gasteiger partial charge in [0.1, 0.15) is 12.9 Å². The summed E-state index contributed by atoms with van der Waals surface area (Å²) in [5.41, 5.74) is 0. The first-order valence-electron chi connectivity index (χ1n) is 13.8. The van der Waals surface area contributed by atoms with Crippen LogP contribution in [0.15, 0.2) is 0 Å². The van der Waals surface area contributed by atoms with Gasteiger partial charge in [-0.05, 0) is 25.2 Å². The lowest BCUT2D eigenvalue weighted by Gasteiger charge is -2.10. The molecule has 1 unspecified atom stereocenters. The third-order valence-electron chi connectivity index (χ3n) is 5.97. The zero-order valence-electron chi connectivity index (χ0n) is 22.4. The van der Waals surface area contributed by atoms with Gasteiger partial charge in [-0.15, -0.1) is 0 Å². The number of hydrogen-bond acceptors (Lipinski definition) is 6. The molecule has 0 aliphatic rings. The van der Waals surface area contributed by atoms with Crippen molar-refractivity contribution in [2.24, 2.45) is 5.92 Å². The zero-order chi connectivity index (χ0) is 26.7. The average Bonchev–Trinajstić information content (AvgIpc) is 2.84. The van der Waals surface area contributed by atoms with E-state index in [-0.39, 0.29) is 24.8 Å². The molecule has 0 spiro atoms. The number of ether oxygens (including phenoxy) is 2. The van der Waals surface area contributed by atoms with Crippen molar-refractivity contribution in [3.63, 3.8) is 0 Å². The van der Waals surface area contributed by atoms with Gasteiger partial charge >= 0.3 is 5.97 Å². The molecular formula is C27H50N2O7. The van der Waals surface area contributed by atoms with Crippen molar-refractivity contribution in [3.8, 4) is 0 Å². The highest BCUT2D eigenvalue weighted by atomic mass is 16.5. The molecule has 9 heteroatoms. The van der Waals surface area contributed by atoms with Gasteiger partial charge in [-0.2, -0.15) is 0 Å². The fourth-order valence-corrected chi connectivity index (χ4v) is 3.85. The summed E-state index contributed by atoms with van der Waals surface area (Å²) in [4.78, 5) is 44.3. The normalized spacial score (nSPS) is 11.7. The Bertz CT molecular complexity index is 572. The number of aliphatic carboxylic acids is 1. The second-order valence-corrected chi connectivity index (χ2v) is 9.42. The molecule has 3 N–H and O–H groups in total. The number of amides is 2. The summed E-state index contributed by atoms with van der Waals surface area (Å²) in [5.74, 6) is -0.0884. The monoisotopic (exact) mass is 514 g/mol. The molecule has 0 aromatic carbocycles. The number of nitrogens with one attached hydrogen (secondary N) is 2. The lowest BCUT2D eigenvalue weighted by molar-refractivity contribution is -0.137. The van der Waals surface area contributed by atoms with Crippen LogP contribution in [0.25, 0.3) is 0 Å². The van der Waals surface area contributed by atoms with E-state index < -0.39 is 5.97 Å². The Kier molecular flexibility index (Phi) is 24.6. The average molecular weight is 515 g/mol. The molecule has 2 amide bonds. The number of carbonyl (C=O) groups is 4. The van der Waals surface area contributed by atoms with Crippen LogP contribution in [0, 0.1) is 5.92 Å². The molecule has 0 aromatic rings. The van der Waals surface area contributed by atoms with E-state index in [1.54, 1.807) is 0 Å². The number of carboxylic acid groups (broad SMARTS) is 1. The van der Waals surface area contributed by atoms with Crippen molar-refractivity contribution < 1.29 is 33.8 Å². The van der Waals surface area contributed by atoms with Gasteiger partial charge < -0.3 is 30.0 Å². The van der Waals surface area contributed by atoms with E-state index in [0.717, 1.165) is 32.1 Å². The quantitative estimate of drug-likeness (QED) is 0.111. The number of aldehydes is 1. The molecule has 0 aliphatic heterocycles. The first-order valence-corrected chi connectivity index (χ1v) is 13.8. The summed E-state index contributed by atoms with van der Waals surface area (Å²) in [5, 5.41) is 14.3. The Morgan fingerprint density at radius 2 is 1.25 bits per heavy atom. The Hall–Kier alpha value is -2.00. The number of carbonyl (C=O) groups excluding carboxylic acids is 3. The minimum absolute atomic E-state index is 0.0538. The first kappa shape index (κ1) is 34.0. The van der Waals surface area contributed by atoms with Crippen molar-refractivity contribution in [2.45, 2.75) is 103 Å². The topological polar surface area (TPSA) is 131 Å². The summed E-state index contributed by atoms with van der Waals surface area (Å²) in [7, 11) is 0. The number of unbranched alkanes of at least 4 members (excludes halogenated alkanes) is 7. The van der Waals surface area contributed by atoms with Crippen molar-refractivity contribution in [1.29, 1.82) is 0 Å². The maximum absolute atomic E-state index is 11.9. The lowest BCUT2D eigenvalue weighted by atomic mass is 9.96. The van der Waals surface area contributed by atoms with Crippen LogP contribution in [-0.4, -0.2) is 68.7 Å². The van der Waals surface area contributed by atoms with Gasteiger partial charge in [0.2, 0.25) is 11.8 Å². The molecule has 36 heavy (non-hydrogen) atoms. The van der Waals surface area contributed by atoms with Crippen LogP contribution >= 0.6 is 0 Å². The number of rotatable bonds is 27. The highest BCUT2D eigenvalue weighted by Crippen LogP contribution is 2.17. The molecule has 0 bridgehead atoms. The molecule has 210 valence electrons. The highest BCUT2D eigenvalue weighted by Gasteiger charge is 2.05. The Morgan fingerprint density at radius 1 is 0.694 bits per heavy atom. The van der Waals surface area contributed by atoms with Crippen LogP contribution in [0.3, 0.4) is 0 Å². The third-order valence-corrected chi connectivity index (χ3v) is 5.97. The Morgan fingerprint density at radius 3 is 1.92 bits per heavy atom. The van der Waals surface area contributed by atoms with Crippen LogP contribution in [0.1, 0.15) is 103 Å². The number of carboxylic acids is 1. The molecule has 0 fully saturated rings. The molecule has 0 aromatic heterocycles. The maximum Gasteiger partial charge on any atom is 0.303 e. The summed E-state index contributed by atoms with van der Waals surface area (Å²) in [6.07, 6.45) is 14.8. The van der Waals surface area contributed by atoms with Gasteiger partial charge in [-0.1, -0.05) is 64.7 Å². The highest BCUT2D eigenvalue weighted by molar-refractivity contribution is 5.77. The van der Waals surface area contributed by atoms with Gasteiger partial charge in [-0.3, -0.25) is 14.4 Å². The zero-order valence-corrected chi connectivity index (χ0v) is 22.4. The Balaban J connectivity index is 3.35. The fraction of sp³-hybridized carbons (Fsp3) is 0.852. The van der Waals surface area contributed by atoms with Gasteiger partial charge in [0.05, 0.1) is 19.8 Å². The van der Waals surface area contributed by atoms with Gasteiger partial charge in [0.15, 0.2) is 0 Å². The van der Waals surface area contributed by atoms with E-state index >= 15 is 0 Å². The fourth-order valence-electron chi connectivity index (χ4n) is 3.85. The SMILES string of the molecule is CC(CCCCCCCCCCC(=O)NCCCC(=O)NCCOCCOCC=O)CCCC(=O)O. The van der Waals surface area contributed by atoms with Crippen LogP contribution < -0.4 is 10.6 Å². The second kappa shape index (κ2) is 26.1. The van der Waals surface area contributed by atoms with Crippen LogP contribution in [0.5, 0.6) is 0 Å². The van der Waals surface area contributed by atoms with Crippen molar-refractivity contribution in [1.82, 2.24) is 10.6 Å². The summed E-state index contributed by atoms with van der Waals surface area (Å²) >= 11 is 0. The Labute approximate surface area is 217 Å². The minimum Gasteiger partial charge on any atom is -0.481 e. The van der Waals surface area contributed by atoms with E-state index in [1.807, 2.05) is 0 Å². The molecule has 1 atom stereocenters. The van der Waals surface area contributed by atoms with E-state index in [0.29, 0.717) is 64.4 Å². The minimum atomic E-state index is -0.698. The van der Waals surface area contributed by atoms with E-state index in [4.69, 9.17) is 14.6 Å². The molecule has 0 rings (SSSR count). The molecule has 0 radical (unpaired) electrons. The standard InChI is InChI=1S/C27H50N2O7/c1-24(13-10-16-27(33)34)12-8-6-4-2-3-5-7-9-14-25(31)28-17-11-15-26(32)29-18-20-35-22-23-36-21-19-30/h19,24H,2-18,20-23H2,1H3,(H,28,31)(H,29,32)(H,33,34). The summed E-state index contributed by atoms with van der Waals surface area (Å²) < 4.78 is 10.2. The van der Waals surface area contributed by atoms with Gasteiger partial charge in [0.25, 0.3) is 0 Å². The largest absolute Gasteiger partial charge is 0.481 e. The van der Waals surface area contributed by atoms with Crippen molar-refractivity contribution >= 4 is 24.1 Å². The summed E-state index contributed by atoms with van der Waals surface area (Å²) in [6.45, 7) is 4.35. The predicted molar refractivity (Wildman–Crippen MR) is 140 cm³/mol. The lowest BCUT2D eigenvalue weighted by Crippen LogP contribution is -2.29. The predicted octanol–water partition coefficient (Wildman–Crippen LogP) is 4.02. The van der Waals surface area contributed by atoms with E-state index in [1.165, 1.54) is 38.5 Å². The molecule has 0 aliphatic carbocycles. The molecule has 0 heterocycles. The van der Waals surface area contributed by atoms with E-state index in [2.05, 4.69) is 17.6 Å². The van der Waals surface area contributed by atoms with Crippen LogP contribution in [0.4, 0.5) is 0 Å². The summed E-state index contributed by atoms with van der Waals surface area (Å²) in [6, 6.07) is 0. The van der Waals surface area contributed by atoms with Crippen molar-refractivity contribution in [3.05, 3.63) is 0 Å². The van der Waals surface area contributed by atoms with E-state index in [9.17, 15) is 19.2 Å². The van der Waals surface area contributed by atoms with Crippen LogP contribution in [-0.2, 0) is 28.7 Å². The molecule has 0 saturated heterocycles. The molecule has 0 saturated carbocycles. The maximum atomic E-state index is 11.9. The third kappa shape index (κ3) is 26.6. The van der Waals surface area contributed by atoms with Gasteiger partial charge in [-0.25, -0.2) is 0 Å². The van der Waals surface area contributed by atoms with Crippen molar-refractivity contribution in [2.75, 3.05) is 39.5 Å².